The Morgan fingerprint density at radius 2 is 1.55 bits per heavy atom. The Hall–Kier alpha value is -2.00. The summed E-state index contributed by atoms with van der Waals surface area (Å²) in [5.74, 6) is 1.52. The maximum atomic E-state index is 10.6. The molecular formula is C17H20O3. The predicted octanol–water partition coefficient (Wildman–Crippen LogP) is 3.40. The molecule has 2 aromatic rings. The number of benzene rings is 2. The van der Waals surface area contributed by atoms with Crippen LogP contribution < -0.4 is 9.47 Å². The van der Waals surface area contributed by atoms with Crippen LogP contribution in [0.4, 0.5) is 0 Å². The lowest BCUT2D eigenvalue weighted by atomic mass is 9.96. The van der Waals surface area contributed by atoms with Gasteiger partial charge in [0.1, 0.15) is 17.6 Å². The number of hydrogen-bond donors (Lipinski definition) is 1. The first-order chi connectivity index (χ1) is 9.58. The summed E-state index contributed by atoms with van der Waals surface area (Å²) >= 11 is 0. The first-order valence-electron chi connectivity index (χ1n) is 6.54. The molecule has 2 rings (SSSR count). The Labute approximate surface area is 119 Å². The van der Waals surface area contributed by atoms with Crippen LogP contribution in [-0.4, -0.2) is 19.3 Å². The van der Waals surface area contributed by atoms with Crippen molar-refractivity contribution in [2.24, 2.45) is 0 Å². The molecule has 0 spiro atoms. The summed E-state index contributed by atoms with van der Waals surface area (Å²) in [5.41, 5.74) is 3.79. The van der Waals surface area contributed by atoms with Gasteiger partial charge in [-0.15, -0.1) is 0 Å². The zero-order valence-corrected chi connectivity index (χ0v) is 12.3. The third kappa shape index (κ3) is 2.63. The average Bonchev–Trinajstić information content (AvgIpc) is 2.49. The molecule has 3 nitrogen and oxygen atoms in total. The second-order valence-corrected chi connectivity index (χ2v) is 4.81. The Balaban J connectivity index is 2.42. The van der Waals surface area contributed by atoms with E-state index < -0.39 is 6.10 Å². The number of aliphatic hydroxyl groups is 1. The van der Waals surface area contributed by atoms with Gasteiger partial charge in [-0.3, -0.25) is 0 Å². The minimum Gasteiger partial charge on any atom is -0.497 e. The molecule has 0 saturated carbocycles. The Kier molecular flexibility index (Phi) is 4.30. The van der Waals surface area contributed by atoms with Crippen molar-refractivity contribution < 1.29 is 14.6 Å². The molecule has 0 aliphatic carbocycles. The monoisotopic (exact) mass is 272 g/mol. The highest BCUT2D eigenvalue weighted by Crippen LogP contribution is 2.34. The minimum absolute atomic E-state index is 0.713. The Morgan fingerprint density at radius 1 is 0.900 bits per heavy atom. The van der Waals surface area contributed by atoms with E-state index in [1.54, 1.807) is 14.2 Å². The van der Waals surface area contributed by atoms with Crippen LogP contribution in [0, 0.1) is 13.8 Å². The minimum atomic E-state index is -0.713. The van der Waals surface area contributed by atoms with Crippen LogP contribution in [0.5, 0.6) is 11.5 Å². The van der Waals surface area contributed by atoms with Crippen LogP contribution >= 0.6 is 0 Å². The maximum Gasteiger partial charge on any atom is 0.128 e. The molecule has 0 heterocycles. The van der Waals surface area contributed by atoms with Gasteiger partial charge < -0.3 is 14.6 Å². The number of ether oxygens (including phenoxy) is 2. The van der Waals surface area contributed by atoms with Crippen LogP contribution in [0.2, 0.25) is 0 Å². The average molecular weight is 272 g/mol. The quantitative estimate of drug-likeness (QED) is 0.927. The van der Waals surface area contributed by atoms with Gasteiger partial charge >= 0.3 is 0 Å². The lowest BCUT2D eigenvalue weighted by molar-refractivity contribution is 0.214. The summed E-state index contributed by atoms with van der Waals surface area (Å²) in [4.78, 5) is 0. The summed E-state index contributed by atoms with van der Waals surface area (Å²) in [5, 5.41) is 10.6. The summed E-state index contributed by atoms with van der Waals surface area (Å²) in [6.45, 7) is 4.03. The highest BCUT2D eigenvalue weighted by molar-refractivity contribution is 5.49. The Bertz CT molecular complexity index is 588. The predicted molar refractivity (Wildman–Crippen MR) is 79.5 cm³/mol. The van der Waals surface area contributed by atoms with Crippen molar-refractivity contribution >= 4 is 0 Å². The highest BCUT2D eigenvalue weighted by atomic mass is 16.5. The van der Waals surface area contributed by atoms with E-state index in [0.717, 1.165) is 33.8 Å². The Morgan fingerprint density at radius 3 is 2.10 bits per heavy atom. The highest BCUT2D eigenvalue weighted by Gasteiger charge is 2.17. The molecule has 0 amide bonds. The van der Waals surface area contributed by atoms with Gasteiger partial charge in [0.15, 0.2) is 0 Å². The number of methoxy groups -OCH3 is 2. The molecule has 0 radical (unpaired) electrons. The molecule has 0 saturated heterocycles. The smallest absolute Gasteiger partial charge is 0.128 e. The van der Waals surface area contributed by atoms with Crippen molar-refractivity contribution in [2.75, 3.05) is 14.2 Å². The summed E-state index contributed by atoms with van der Waals surface area (Å²) in [6, 6.07) is 11.3. The SMILES string of the molecule is COc1ccc(C(O)c2ccc(C)c(C)c2OC)cc1. The zero-order valence-electron chi connectivity index (χ0n) is 12.3. The molecular weight excluding hydrogens is 252 g/mol. The van der Waals surface area contributed by atoms with Gasteiger partial charge in [0, 0.05) is 5.56 Å². The fourth-order valence-electron chi connectivity index (χ4n) is 2.26. The molecule has 2 aromatic carbocycles. The number of hydrogen-bond acceptors (Lipinski definition) is 3. The van der Waals surface area contributed by atoms with E-state index in [4.69, 9.17) is 9.47 Å². The van der Waals surface area contributed by atoms with Crippen LogP contribution in [0.3, 0.4) is 0 Å². The van der Waals surface area contributed by atoms with Gasteiger partial charge in [0.05, 0.1) is 14.2 Å². The summed E-state index contributed by atoms with van der Waals surface area (Å²) in [7, 11) is 3.25. The molecule has 106 valence electrons. The van der Waals surface area contributed by atoms with Crippen LogP contribution in [0.15, 0.2) is 36.4 Å². The largest absolute Gasteiger partial charge is 0.497 e. The van der Waals surface area contributed by atoms with E-state index >= 15 is 0 Å². The van der Waals surface area contributed by atoms with Crippen molar-refractivity contribution in [3.8, 4) is 11.5 Å². The molecule has 20 heavy (non-hydrogen) atoms. The molecule has 3 heteroatoms. The van der Waals surface area contributed by atoms with Crippen molar-refractivity contribution in [3.05, 3.63) is 58.7 Å². The third-order valence-corrected chi connectivity index (χ3v) is 3.64. The molecule has 1 unspecified atom stereocenters. The lowest BCUT2D eigenvalue weighted by Crippen LogP contribution is -2.04. The van der Waals surface area contributed by atoms with Gasteiger partial charge in [-0.25, -0.2) is 0 Å². The van der Waals surface area contributed by atoms with Crippen molar-refractivity contribution in [2.45, 2.75) is 20.0 Å². The van der Waals surface area contributed by atoms with E-state index in [1.807, 2.05) is 50.2 Å². The number of rotatable bonds is 4. The topological polar surface area (TPSA) is 38.7 Å². The normalized spacial score (nSPS) is 12.1. The summed E-state index contributed by atoms with van der Waals surface area (Å²) in [6.07, 6.45) is -0.713. The van der Waals surface area contributed by atoms with Crippen molar-refractivity contribution in [1.82, 2.24) is 0 Å². The van der Waals surface area contributed by atoms with Crippen LogP contribution in [0.1, 0.15) is 28.4 Å². The molecule has 0 aromatic heterocycles. The first-order valence-corrected chi connectivity index (χ1v) is 6.54. The second kappa shape index (κ2) is 5.97. The fourth-order valence-corrected chi connectivity index (χ4v) is 2.26. The zero-order chi connectivity index (χ0) is 14.7. The van der Waals surface area contributed by atoms with E-state index in [-0.39, 0.29) is 0 Å². The van der Waals surface area contributed by atoms with Gasteiger partial charge in [-0.2, -0.15) is 0 Å². The molecule has 0 bridgehead atoms. The van der Waals surface area contributed by atoms with Gasteiger partial charge in [0.2, 0.25) is 0 Å². The molecule has 0 aliphatic heterocycles. The van der Waals surface area contributed by atoms with E-state index in [0.29, 0.717) is 0 Å². The number of aryl methyl sites for hydroxylation is 1. The maximum absolute atomic E-state index is 10.6. The van der Waals surface area contributed by atoms with E-state index in [9.17, 15) is 5.11 Å². The van der Waals surface area contributed by atoms with E-state index in [2.05, 4.69) is 0 Å². The first kappa shape index (κ1) is 14.4. The third-order valence-electron chi connectivity index (χ3n) is 3.64. The van der Waals surface area contributed by atoms with Gasteiger partial charge in [-0.1, -0.05) is 24.3 Å². The van der Waals surface area contributed by atoms with Crippen LogP contribution in [0.25, 0.3) is 0 Å². The molecule has 0 fully saturated rings. The van der Waals surface area contributed by atoms with E-state index in [1.165, 1.54) is 0 Å². The molecule has 1 N–H and O–H groups in total. The molecule has 0 aliphatic rings. The van der Waals surface area contributed by atoms with Gasteiger partial charge in [0.25, 0.3) is 0 Å². The fraction of sp³-hybridized carbons (Fsp3) is 0.294. The van der Waals surface area contributed by atoms with Gasteiger partial charge in [-0.05, 0) is 42.7 Å². The van der Waals surface area contributed by atoms with Crippen LogP contribution in [-0.2, 0) is 0 Å². The summed E-state index contributed by atoms with van der Waals surface area (Å²) < 4.78 is 10.6. The number of aliphatic hydroxyl groups excluding tert-OH is 1. The standard InChI is InChI=1S/C17H20O3/c1-11-5-10-15(17(20-4)12(11)2)16(18)13-6-8-14(19-3)9-7-13/h5-10,16,18H,1-4H3. The van der Waals surface area contributed by atoms with Crippen molar-refractivity contribution in [3.63, 3.8) is 0 Å². The van der Waals surface area contributed by atoms with Crippen molar-refractivity contribution in [1.29, 1.82) is 0 Å². The molecule has 1 atom stereocenters. The lowest BCUT2D eigenvalue weighted by Gasteiger charge is -2.18. The second-order valence-electron chi connectivity index (χ2n) is 4.81.